The summed E-state index contributed by atoms with van der Waals surface area (Å²) in [5.74, 6) is 0.839. The van der Waals surface area contributed by atoms with Crippen LogP contribution < -0.4 is 0 Å². The number of rotatable bonds is 7. The average molecular weight is 438 g/mol. The number of hydrogen-bond donors (Lipinski definition) is 0. The van der Waals surface area contributed by atoms with Crippen molar-refractivity contribution in [2.24, 2.45) is 5.92 Å². The normalized spacial score (nSPS) is 13.0. The Balaban J connectivity index is 2.12. The number of thiophene rings is 2. The van der Waals surface area contributed by atoms with Crippen molar-refractivity contribution in [1.29, 1.82) is 0 Å². The molecule has 0 saturated heterocycles. The summed E-state index contributed by atoms with van der Waals surface area (Å²) in [5.41, 5.74) is 0. The lowest BCUT2D eigenvalue weighted by Crippen LogP contribution is -2.07. The average Bonchev–Trinajstić information content (AvgIpc) is 2.97. The van der Waals surface area contributed by atoms with Gasteiger partial charge in [0, 0.05) is 11.8 Å². The highest BCUT2D eigenvalue weighted by Crippen LogP contribution is 2.44. The molecule has 1 nitrogen and oxygen atoms in total. The smallest absolute Gasteiger partial charge is 0.173 e. The SMILES string of the molecule is CCCCC(CC)CC(=O)c1cc2c(Br)sc(Br)c2s1. The van der Waals surface area contributed by atoms with E-state index in [1.165, 1.54) is 24.0 Å². The fraction of sp³-hybridized carbons (Fsp3) is 0.533. The molecule has 0 aliphatic carbocycles. The standard InChI is InChI=1S/C15H18Br2OS2/c1-3-5-6-9(4-2)7-11(18)12-8-10-13(19-12)15(17)20-14(10)16/h8-9H,3-7H2,1-2H3. The predicted octanol–water partition coefficient (Wildman–Crippen LogP) is 7.28. The van der Waals surface area contributed by atoms with Crippen molar-refractivity contribution in [3.05, 3.63) is 18.5 Å². The van der Waals surface area contributed by atoms with Crippen LogP contribution in [-0.4, -0.2) is 5.78 Å². The summed E-state index contributed by atoms with van der Waals surface area (Å²) in [4.78, 5) is 13.4. The number of Topliss-reactive ketones (excluding diaryl/α,β-unsaturated/α-hetero) is 1. The topological polar surface area (TPSA) is 17.1 Å². The number of fused-ring (bicyclic) bond motifs is 1. The van der Waals surface area contributed by atoms with Crippen molar-refractivity contribution in [2.75, 3.05) is 0 Å². The first-order valence-electron chi connectivity index (χ1n) is 6.97. The van der Waals surface area contributed by atoms with E-state index in [0.717, 1.165) is 24.3 Å². The fourth-order valence-corrected chi connectivity index (χ4v) is 6.72. The minimum Gasteiger partial charge on any atom is -0.293 e. The van der Waals surface area contributed by atoms with Crippen LogP contribution in [0.5, 0.6) is 0 Å². The van der Waals surface area contributed by atoms with Gasteiger partial charge in [-0.3, -0.25) is 4.79 Å². The third-order valence-corrected chi connectivity index (χ3v) is 7.76. The molecule has 1 unspecified atom stereocenters. The highest BCUT2D eigenvalue weighted by atomic mass is 79.9. The van der Waals surface area contributed by atoms with Crippen LogP contribution in [0.25, 0.3) is 10.1 Å². The highest BCUT2D eigenvalue weighted by molar-refractivity contribution is 9.12. The zero-order valence-corrected chi connectivity index (χ0v) is 16.5. The molecule has 0 bridgehead atoms. The molecule has 2 aromatic heterocycles. The van der Waals surface area contributed by atoms with E-state index in [2.05, 4.69) is 45.7 Å². The predicted molar refractivity (Wildman–Crippen MR) is 97.4 cm³/mol. The van der Waals surface area contributed by atoms with Crippen LogP contribution in [0.1, 0.15) is 55.6 Å². The van der Waals surface area contributed by atoms with E-state index in [4.69, 9.17) is 0 Å². The molecule has 0 saturated carbocycles. The van der Waals surface area contributed by atoms with Crippen LogP contribution in [0.3, 0.4) is 0 Å². The molecule has 1 atom stereocenters. The van der Waals surface area contributed by atoms with Gasteiger partial charge in [0.15, 0.2) is 5.78 Å². The van der Waals surface area contributed by atoms with Crippen molar-refractivity contribution in [2.45, 2.75) is 46.0 Å². The molecule has 110 valence electrons. The number of halogens is 2. The molecule has 5 heteroatoms. The van der Waals surface area contributed by atoms with E-state index >= 15 is 0 Å². The van der Waals surface area contributed by atoms with Gasteiger partial charge in [-0.2, -0.15) is 0 Å². The first-order valence-corrected chi connectivity index (χ1v) is 10.2. The zero-order chi connectivity index (χ0) is 14.7. The lowest BCUT2D eigenvalue weighted by Gasteiger charge is -2.12. The molecule has 0 aliphatic rings. The van der Waals surface area contributed by atoms with Crippen molar-refractivity contribution in [3.8, 4) is 0 Å². The van der Waals surface area contributed by atoms with E-state index in [9.17, 15) is 4.79 Å². The molecule has 0 spiro atoms. The molecule has 0 aromatic carbocycles. The monoisotopic (exact) mass is 436 g/mol. The first kappa shape index (κ1) is 16.7. The van der Waals surface area contributed by atoms with Gasteiger partial charge >= 0.3 is 0 Å². The van der Waals surface area contributed by atoms with Crippen LogP contribution in [0.15, 0.2) is 13.6 Å². The van der Waals surface area contributed by atoms with Gasteiger partial charge in [0.1, 0.15) is 0 Å². The number of unbranched alkanes of at least 4 members (excludes halogenated alkanes) is 1. The molecule has 0 radical (unpaired) electrons. The summed E-state index contributed by atoms with van der Waals surface area (Å²) in [6.45, 7) is 4.39. The second kappa shape index (κ2) is 7.52. The third-order valence-electron chi connectivity index (χ3n) is 3.59. The maximum atomic E-state index is 12.5. The van der Waals surface area contributed by atoms with E-state index < -0.39 is 0 Å². The lowest BCUT2D eigenvalue weighted by molar-refractivity contribution is 0.0961. The molecule has 0 fully saturated rings. The Labute approximate surface area is 145 Å². The van der Waals surface area contributed by atoms with E-state index in [1.807, 2.05) is 6.07 Å². The summed E-state index contributed by atoms with van der Waals surface area (Å²) in [6.07, 6.45) is 5.39. The number of hydrogen-bond acceptors (Lipinski definition) is 3. The molecular formula is C15H18Br2OS2. The first-order chi connectivity index (χ1) is 9.56. The van der Waals surface area contributed by atoms with Gasteiger partial charge in [-0.25, -0.2) is 0 Å². The fourth-order valence-electron chi connectivity index (χ4n) is 2.31. The second-order valence-electron chi connectivity index (χ2n) is 5.05. The number of carbonyl (C=O) groups excluding carboxylic acids is 1. The van der Waals surface area contributed by atoms with Gasteiger partial charge in [0.2, 0.25) is 0 Å². The molecule has 2 rings (SSSR count). The van der Waals surface area contributed by atoms with Crippen molar-refractivity contribution >= 4 is 70.4 Å². The van der Waals surface area contributed by atoms with Gasteiger partial charge in [0.25, 0.3) is 0 Å². The Kier molecular flexibility index (Phi) is 6.26. The Bertz CT molecular complexity index is 566. The largest absolute Gasteiger partial charge is 0.293 e. The summed E-state index contributed by atoms with van der Waals surface area (Å²) in [6, 6.07) is 2.04. The lowest BCUT2D eigenvalue weighted by atomic mass is 9.93. The van der Waals surface area contributed by atoms with E-state index in [1.54, 1.807) is 22.7 Å². The van der Waals surface area contributed by atoms with Crippen molar-refractivity contribution < 1.29 is 4.79 Å². The Morgan fingerprint density at radius 2 is 2.00 bits per heavy atom. The Morgan fingerprint density at radius 1 is 1.25 bits per heavy atom. The minimum absolute atomic E-state index is 0.304. The molecule has 0 N–H and O–H groups in total. The minimum atomic E-state index is 0.304. The molecular weight excluding hydrogens is 420 g/mol. The maximum Gasteiger partial charge on any atom is 0.173 e. The van der Waals surface area contributed by atoms with Crippen LogP contribution in [0.2, 0.25) is 0 Å². The number of carbonyl (C=O) groups is 1. The van der Waals surface area contributed by atoms with E-state index in [-0.39, 0.29) is 0 Å². The molecule has 0 amide bonds. The van der Waals surface area contributed by atoms with Crippen LogP contribution >= 0.6 is 54.5 Å². The Hall–Kier alpha value is 0.290. The summed E-state index contributed by atoms with van der Waals surface area (Å²) in [7, 11) is 0. The van der Waals surface area contributed by atoms with Gasteiger partial charge in [-0.15, -0.1) is 22.7 Å². The highest BCUT2D eigenvalue weighted by Gasteiger charge is 2.18. The van der Waals surface area contributed by atoms with Crippen LogP contribution in [0.4, 0.5) is 0 Å². The quantitative estimate of drug-likeness (QED) is 0.416. The summed E-state index contributed by atoms with van der Waals surface area (Å²) in [5, 5.41) is 1.16. The van der Waals surface area contributed by atoms with Gasteiger partial charge in [0.05, 0.1) is 17.1 Å². The molecule has 2 heterocycles. The van der Waals surface area contributed by atoms with E-state index in [0.29, 0.717) is 18.1 Å². The van der Waals surface area contributed by atoms with Crippen LogP contribution in [0, 0.1) is 5.92 Å². The van der Waals surface area contributed by atoms with Crippen molar-refractivity contribution in [1.82, 2.24) is 0 Å². The third kappa shape index (κ3) is 3.73. The van der Waals surface area contributed by atoms with Gasteiger partial charge in [-0.05, 0) is 43.8 Å². The number of ketones is 1. The Morgan fingerprint density at radius 3 is 2.60 bits per heavy atom. The summed E-state index contributed by atoms with van der Waals surface area (Å²) >= 11 is 10.4. The van der Waals surface area contributed by atoms with Crippen LogP contribution in [-0.2, 0) is 0 Å². The van der Waals surface area contributed by atoms with Gasteiger partial charge in [-0.1, -0.05) is 39.5 Å². The molecule has 2 aromatic rings. The second-order valence-corrected chi connectivity index (χ2v) is 9.76. The van der Waals surface area contributed by atoms with Gasteiger partial charge < -0.3 is 0 Å². The molecule has 20 heavy (non-hydrogen) atoms. The summed E-state index contributed by atoms with van der Waals surface area (Å²) < 4.78 is 3.40. The maximum absolute atomic E-state index is 12.5. The molecule has 0 aliphatic heterocycles. The zero-order valence-electron chi connectivity index (χ0n) is 11.7. The van der Waals surface area contributed by atoms with Crippen molar-refractivity contribution in [3.63, 3.8) is 0 Å².